The third-order valence-corrected chi connectivity index (χ3v) is 2.53. The van der Waals surface area contributed by atoms with Gasteiger partial charge in [0.15, 0.2) is 5.82 Å². The Labute approximate surface area is 79.2 Å². The maximum absolute atomic E-state index is 13.0. The molecule has 0 radical (unpaired) electrons. The Morgan fingerprint density at radius 3 is 2.36 bits per heavy atom. The highest BCUT2D eigenvalue weighted by Gasteiger charge is 2.29. The maximum Gasteiger partial charge on any atom is 0.549 e. The lowest BCUT2D eigenvalue weighted by molar-refractivity contribution is 0.478. The van der Waals surface area contributed by atoms with Crippen molar-refractivity contribution >= 4 is 13.3 Å². The van der Waals surface area contributed by atoms with E-state index in [0.717, 1.165) is 0 Å². The molecule has 6 heteroatoms. The van der Waals surface area contributed by atoms with Crippen molar-refractivity contribution < 1.29 is 22.6 Å². The van der Waals surface area contributed by atoms with Gasteiger partial charge in [-0.2, -0.15) is 9.28 Å². The molecule has 2 nitrogen and oxygen atoms in total. The van der Waals surface area contributed by atoms with E-state index in [0.29, 0.717) is 6.07 Å². The van der Waals surface area contributed by atoms with Gasteiger partial charge in [0.25, 0.3) is 5.30 Å². The van der Waals surface area contributed by atoms with E-state index in [4.69, 9.17) is 4.89 Å². The lowest BCUT2D eigenvalue weighted by atomic mass is 10.1. The molecular formula is C8H7F3O2P+. The smallest absolute Gasteiger partial charge is 0.206 e. The third-order valence-electron chi connectivity index (χ3n) is 1.79. The molecule has 0 aliphatic heterocycles. The number of hydrogen-bond donors (Lipinski definition) is 1. The van der Waals surface area contributed by atoms with Gasteiger partial charge >= 0.3 is 8.03 Å². The standard InChI is InChI=1S/C8H6F3O2P/c1-2-4-5(9)3-6(14(12)13)8(11)7(4)10/h3H,2H2,1H3/p+1. The molecule has 0 saturated heterocycles. The molecule has 1 N–H and O–H groups in total. The molecule has 1 aromatic rings. The van der Waals surface area contributed by atoms with Crippen LogP contribution in [0, 0.1) is 17.5 Å². The van der Waals surface area contributed by atoms with Crippen LogP contribution in [0.25, 0.3) is 0 Å². The Bertz CT molecular complexity index is 393. The first-order chi connectivity index (χ1) is 6.49. The Kier molecular flexibility index (Phi) is 3.24. The van der Waals surface area contributed by atoms with Crippen LogP contribution in [0.2, 0.25) is 0 Å². The summed E-state index contributed by atoms with van der Waals surface area (Å²) < 4.78 is 49.5. The predicted molar refractivity (Wildman–Crippen MR) is 45.2 cm³/mol. The topological polar surface area (TPSA) is 37.3 Å². The zero-order valence-corrected chi connectivity index (χ0v) is 8.12. The minimum atomic E-state index is -3.07. The first-order valence-electron chi connectivity index (χ1n) is 3.81. The van der Waals surface area contributed by atoms with Crippen LogP contribution in [-0.4, -0.2) is 4.89 Å². The van der Waals surface area contributed by atoms with E-state index < -0.39 is 36.3 Å². The molecule has 0 aromatic heterocycles. The summed E-state index contributed by atoms with van der Waals surface area (Å²) in [7, 11) is -3.07. The minimum absolute atomic E-state index is 0.0168. The molecule has 0 bridgehead atoms. The van der Waals surface area contributed by atoms with Crippen molar-refractivity contribution in [2.45, 2.75) is 13.3 Å². The average Bonchev–Trinajstić information content (AvgIpc) is 2.12. The highest BCUT2D eigenvalue weighted by molar-refractivity contribution is 7.47. The van der Waals surface area contributed by atoms with E-state index >= 15 is 0 Å². The molecule has 0 fully saturated rings. The molecular weight excluding hydrogens is 216 g/mol. The van der Waals surface area contributed by atoms with Gasteiger partial charge in [0, 0.05) is 11.6 Å². The summed E-state index contributed by atoms with van der Waals surface area (Å²) >= 11 is 0. The lowest BCUT2D eigenvalue weighted by Crippen LogP contribution is -2.11. The second kappa shape index (κ2) is 4.07. The summed E-state index contributed by atoms with van der Waals surface area (Å²) in [5.74, 6) is -3.84. The SMILES string of the molecule is CCc1c(F)cc([P+](=O)O)c(F)c1F. The van der Waals surface area contributed by atoms with Crippen molar-refractivity contribution in [3.8, 4) is 0 Å². The summed E-state index contributed by atoms with van der Waals surface area (Å²) in [5, 5.41) is -0.841. The summed E-state index contributed by atoms with van der Waals surface area (Å²) in [6.45, 7) is 1.46. The van der Waals surface area contributed by atoms with Gasteiger partial charge in [0.1, 0.15) is 5.82 Å². The molecule has 0 aliphatic rings. The van der Waals surface area contributed by atoms with Gasteiger partial charge in [0.2, 0.25) is 5.82 Å². The van der Waals surface area contributed by atoms with Gasteiger partial charge in [-0.1, -0.05) is 6.92 Å². The largest absolute Gasteiger partial charge is 0.549 e. The summed E-state index contributed by atoms with van der Waals surface area (Å²) in [6, 6.07) is 0.552. The van der Waals surface area contributed by atoms with Crippen molar-refractivity contribution in [3.05, 3.63) is 29.1 Å². The van der Waals surface area contributed by atoms with Crippen LogP contribution < -0.4 is 5.30 Å². The molecule has 0 heterocycles. The number of hydrogen-bond acceptors (Lipinski definition) is 1. The van der Waals surface area contributed by atoms with Gasteiger partial charge in [-0.15, -0.1) is 0 Å². The normalized spacial score (nSPS) is 11.6. The zero-order chi connectivity index (χ0) is 10.9. The molecule has 0 saturated carbocycles. The molecule has 0 aliphatic carbocycles. The van der Waals surface area contributed by atoms with E-state index in [-0.39, 0.29) is 6.42 Å². The summed E-state index contributed by atoms with van der Waals surface area (Å²) in [5.41, 5.74) is -0.414. The summed E-state index contributed by atoms with van der Waals surface area (Å²) in [4.78, 5) is 8.55. The van der Waals surface area contributed by atoms with Crippen LogP contribution in [0.15, 0.2) is 6.07 Å². The Balaban J connectivity index is 3.47. The van der Waals surface area contributed by atoms with Gasteiger partial charge in [-0.25, -0.2) is 8.78 Å². The van der Waals surface area contributed by atoms with E-state index in [1.807, 2.05) is 0 Å². The molecule has 0 amide bonds. The molecule has 1 rings (SSSR count). The molecule has 1 atom stereocenters. The van der Waals surface area contributed by atoms with Crippen molar-refractivity contribution in [2.75, 3.05) is 0 Å². The third kappa shape index (κ3) is 1.79. The van der Waals surface area contributed by atoms with Crippen LogP contribution >= 0.6 is 8.03 Å². The van der Waals surface area contributed by atoms with E-state index in [1.165, 1.54) is 6.92 Å². The van der Waals surface area contributed by atoms with E-state index in [9.17, 15) is 17.7 Å². The maximum atomic E-state index is 13.0. The number of rotatable bonds is 2. The van der Waals surface area contributed by atoms with E-state index in [2.05, 4.69) is 0 Å². The van der Waals surface area contributed by atoms with E-state index in [1.54, 1.807) is 0 Å². The first kappa shape index (κ1) is 11.1. The van der Waals surface area contributed by atoms with Crippen LogP contribution in [-0.2, 0) is 11.0 Å². The van der Waals surface area contributed by atoms with Gasteiger partial charge in [-0.3, -0.25) is 0 Å². The second-order valence-corrected chi connectivity index (χ2v) is 3.64. The Morgan fingerprint density at radius 1 is 1.36 bits per heavy atom. The van der Waals surface area contributed by atoms with Crippen molar-refractivity contribution in [3.63, 3.8) is 0 Å². The summed E-state index contributed by atoms with van der Waals surface area (Å²) in [6.07, 6.45) is -0.0168. The fraction of sp³-hybridized carbons (Fsp3) is 0.250. The molecule has 0 spiro atoms. The molecule has 14 heavy (non-hydrogen) atoms. The zero-order valence-electron chi connectivity index (χ0n) is 7.22. The van der Waals surface area contributed by atoms with Gasteiger partial charge < -0.3 is 0 Å². The van der Waals surface area contributed by atoms with Gasteiger partial charge in [-0.05, 0) is 11.0 Å². The van der Waals surface area contributed by atoms with Crippen LogP contribution in [0.3, 0.4) is 0 Å². The predicted octanol–water partition coefficient (Wildman–Crippen LogP) is 2.03. The average molecular weight is 223 g/mol. The number of benzene rings is 1. The van der Waals surface area contributed by atoms with Gasteiger partial charge in [0.05, 0.1) is 0 Å². The minimum Gasteiger partial charge on any atom is -0.206 e. The molecule has 76 valence electrons. The first-order valence-corrected chi connectivity index (χ1v) is 5.02. The highest BCUT2D eigenvalue weighted by atomic mass is 31.1. The van der Waals surface area contributed by atoms with Crippen LogP contribution in [0.5, 0.6) is 0 Å². The second-order valence-electron chi connectivity index (χ2n) is 2.61. The highest BCUT2D eigenvalue weighted by Crippen LogP contribution is 2.22. The number of halogens is 3. The van der Waals surface area contributed by atoms with Crippen molar-refractivity contribution in [1.29, 1.82) is 0 Å². The Hall–Kier alpha value is -0.930. The van der Waals surface area contributed by atoms with Crippen LogP contribution in [0.1, 0.15) is 12.5 Å². The van der Waals surface area contributed by atoms with Crippen molar-refractivity contribution in [1.82, 2.24) is 0 Å². The molecule has 1 aromatic carbocycles. The quantitative estimate of drug-likeness (QED) is 0.615. The fourth-order valence-corrected chi connectivity index (χ4v) is 1.57. The van der Waals surface area contributed by atoms with Crippen LogP contribution in [0.4, 0.5) is 13.2 Å². The Morgan fingerprint density at radius 2 is 1.93 bits per heavy atom. The molecule has 1 unspecified atom stereocenters. The fourth-order valence-electron chi connectivity index (χ4n) is 1.08. The van der Waals surface area contributed by atoms with Crippen molar-refractivity contribution in [2.24, 2.45) is 0 Å². The monoisotopic (exact) mass is 223 g/mol. The lowest BCUT2D eigenvalue weighted by Gasteiger charge is -2.01.